The van der Waals surface area contributed by atoms with E-state index in [1.54, 1.807) is 19.3 Å². The molecule has 0 aliphatic carbocycles. The molecule has 1 N–H and O–H groups in total. The maximum Gasteiger partial charge on any atom is 0.245 e. The third-order valence-corrected chi connectivity index (χ3v) is 9.64. The molecule has 11 nitrogen and oxygen atoms in total. The number of anilines is 1. The summed E-state index contributed by atoms with van der Waals surface area (Å²) in [7, 11) is 0. The van der Waals surface area contributed by atoms with Crippen LogP contribution in [-0.4, -0.2) is 77.7 Å². The number of nitrogens with one attached hydrogen (secondary N) is 1. The van der Waals surface area contributed by atoms with E-state index in [1.165, 1.54) is 16.5 Å². The highest BCUT2D eigenvalue weighted by atomic mass is 19.1. The highest BCUT2D eigenvalue weighted by Crippen LogP contribution is 2.37. The molecular weight excluding hydrogens is 625 g/mol. The molecule has 6 rings (SSSR count). The van der Waals surface area contributed by atoms with E-state index in [1.807, 2.05) is 38.1 Å². The molecule has 1 fully saturated rings. The average molecular weight is 668 g/mol. The quantitative estimate of drug-likeness (QED) is 0.274. The normalized spacial score (nSPS) is 20.7. The van der Waals surface area contributed by atoms with Crippen LogP contribution in [0.2, 0.25) is 0 Å². The van der Waals surface area contributed by atoms with Crippen LogP contribution in [0.5, 0.6) is 0 Å². The predicted octanol–water partition coefficient (Wildman–Crippen LogP) is 5.47. The van der Waals surface area contributed by atoms with Gasteiger partial charge in [0.25, 0.3) is 0 Å². The number of aromatic nitrogens is 5. The van der Waals surface area contributed by atoms with Gasteiger partial charge >= 0.3 is 0 Å². The molecule has 0 unspecified atom stereocenters. The molecule has 2 aliphatic rings. The molecule has 3 aromatic heterocycles. The molecule has 1 aromatic carbocycles. The number of nitrogens with zero attached hydrogens (tertiary/aromatic N) is 6. The van der Waals surface area contributed by atoms with Crippen molar-refractivity contribution < 1.29 is 23.6 Å². The number of pyridine rings is 1. The first-order valence-electron chi connectivity index (χ1n) is 16.9. The van der Waals surface area contributed by atoms with Crippen LogP contribution in [0.25, 0.3) is 22.0 Å². The molecule has 2 aliphatic heterocycles. The molecule has 1 saturated heterocycles. The van der Waals surface area contributed by atoms with Crippen LogP contribution in [0.4, 0.5) is 10.1 Å². The molecule has 2 atom stereocenters. The fourth-order valence-electron chi connectivity index (χ4n) is 6.90. The Hall–Kier alpha value is -4.87. The molecule has 0 spiro atoms. The molecule has 12 heteroatoms. The zero-order valence-electron chi connectivity index (χ0n) is 28.5. The number of fused-ring (bicyclic) bond motifs is 2. The molecule has 4 aromatic rings. The van der Waals surface area contributed by atoms with Crippen LogP contribution in [0.15, 0.2) is 36.7 Å². The van der Waals surface area contributed by atoms with E-state index in [0.717, 1.165) is 35.2 Å². The van der Waals surface area contributed by atoms with Crippen molar-refractivity contribution >= 4 is 39.8 Å². The number of Topliss-reactive ketones (excluding diaryl/α,β-unsaturated/α-hetero) is 3. The van der Waals surface area contributed by atoms with Crippen molar-refractivity contribution in [3.05, 3.63) is 65.1 Å². The van der Waals surface area contributed by atoms with Gasteiger partial charge in [0, 0.05) is 61.8 Å². The van der Waals surface area contributed by atoms with Gasteiger partial charge in [-0.2, -0.15) is 5.10 Å². The maximum absolute atomic E-state index is 16.6. The first-order chi connectivity index (χ1) is 23.4. The lowest BCUT2D eigenvalue weighted by atomic mass is 9.92. The number of hydrogen-bond donors (Lipinski definition) is 1. The Morgan fingerprint density at radius 3 is 2.55 bits per heavy atom. The van der Waals surface area contributed by atoms with Gasteiger partial charge in [0.2, 0.25) is 5.91 Å². The Bertz CT molecular complexity index is 1940. The monoisotopic (exact) mass is 667 g/mol. The van der Waals surface area contributed by atoms with E-state index < -0.39 is 17.6 Å². The number of carbonyl (C=O) groups is 4. The molecule has 1 amide bonds. The summed E-state index contributed by atoms with van der Waals surface area (Å²) < 4.78 is 18.1. The van der Waals surface area contributed by atoms with Crippen molar-refractivity contribution in [2.24, 2.45) is 0 Å². The van der Waals surface area contributed by atoms with Gasteiger partial charge in [0.15, 0.2) is 11.6 Å². The minimum Gasteiger partial charge on any atom is -0.383 e. The van der Waals surface area contributed by atoms with Crippen molar-refractivity contribution in [3.8, 4) is 11.1 Å². The number of benzene rings is 1. The number of aryl methyl sites for hydroxylation is 3. The number of amides is 1. The lowest BCUT2D eigenvalue weighted by Gasteiger charge is -2.24. The Morgan fingerprint density at radius 1 is 1.02 bits per heavy atom. The lowest BCUT2D eigenvalue weighted by Crippen LogP contribution is -2.43. The van der Waals surface area contributed by atoms with Crippen molar-refractivity contribution in [2.45, 2.75) is 97.3 Å². The second-order valence-electron chi connectivity index (χ2n) is 13.5. The van der Waals surface area contributed by atoms with Crippen LogP contribution >= 0.6 is 0 Å². The third kappa shape index (κ3) is 7.42. The van der Waals surface area contributed by atoms with Gasteiger partial charge in [-0.25, -0.2) is 14.4 Å². The van der Waals surface area contributed by atoms with Gasteiger partial charge in [0.05, 0.1) is 35.9 Å². The van der Waals surface area contributed by atoms with E-state index >= 15 is 4.39 Å². The zero-order valence-corrected chi connectivity index (χ0v) is 28.5. The number of ketones is 3. The Labute approximate surface area is 284 Å². The van der Waals surface area contributed by atoms with Gasteiger partial charge in [-0.1, -0.05) is 12.5 Å². The topological polar surface area (TPSA) is 140 Å². The van der Waals surface area contributed by atoms with Crippen LogP contribution in [0.1, 0.15) is 85.1 Å². The molecule has 256 valence electrons. The van der Waals surface area contributed by atoms with Gasteiger partial charge in [-0.05, 0) is 69.4 Å². The summed E-state index contributed by atoms with van der Waals surface area (Å²) in [5.41, 5.74) is 3.23. The molecule has 0 saturated carbocycles. The van der Waals surface area contributed by atoms with E-state index in [9.17, 15) is 19.2 Å². The van der Waals surface area contributed by atoms with Gasteiger partial charge in [-0.15, -0.1) is 0 Å². The van der Waals surface area contributed by atoms with Crippen molar-refractivity contribution in [1.82, 2.24) is 29.6 Å². The molecule has 0 radical (unpaired) electrons. The Kier molecular flexibility index (Phi) is 9.67. The number of alkyl halides is 1. The molecule has 49 heavy (non-hydrogen) atoms. The van der Waals surface area contributed by atoms with Gasteiger partial charge in [0.1, 0.15) is 29.5 Å². The standard InChI is InChI=1S/C37H42FN7O4/c1-22-9-10-23(2)42-30(22)16-33(48)32-17-37(38)12-11-28(47)8-6-5-7-13-39-31-15-26(27-18-40-25(4)41-19-27)14-29-35(24(3)46)43-45(36(29)31)20-34(49)44(32)21-37/h9-10,14-15,18-19,32,39H,5-8,11-13,16-17,20-21H2,1-4H3/t32-,37+/m0/s1. The van der Waals surface area contributed by atoms with Crippen molar-refractivity contribution in [1.29, 1.82) is 0 Å². The fraction of sp³-hybridized carbons (Fsp3) is 0.459. The van der Waals surface area contributed by atoms with E-state index in [4.69, 9.17) is 0 Å². The van der Waals surface area contributed by atoms with Crippen molar-refractivity contribution in [3.63, 3.8) is 0 Å². The molecule has 5 heterocycles. The summed E-state index contributed by atoms with van der Waals surface area (Å²) in [4.78, 5) is 68.3. The van der Waals surface area contributed by atoms with E-state index in [0.29, 0.717) is 47.5 Å². The SMILES string of the molecule is CC(=O)c1nn2c3c(cc(-c4cnc(C)nc4)cc13)NCCCCCC(=O)CC[C@@]1(F)C[C@@H](C(=O)Cc3nc(C)ccc3C)N(C1)C(=O)C2. The summed E-state index contributed by atoms with van der Waals surface area (Å²) in [6, 6.07) is 6.49. The van der Waals surface area contributed by atoms with Crippen LogP contribution in [-0.2, 0) is 27.3 Å². The predicted molar refractivity (Wildman–Crippen MR) is 183 cm³/mol. The highest BCUT2D eigenvalue weighted by Gasteiger charge is 2.49. The third-order valence-electron chi connectivity index (χ3n) is 9.64. The molecular formula is C37H42FN7O4. The highest BCUT2D eigenvalue weighted by molar-refractivity contribution is 6.09. The lowest BCUT2D eigenvalue weighted by molar-refractivity contribution is -0.138. The van der Waals surface area contributed by atoms with Crippen LogP contribution < -0.4 is 5.32 Å². The van der Waals surface area contributed by atoms with Crippen molar-refractivity contribution in [2.75, 3.05) is 18.4 Å². The minimum absolute atomic E-state index is 0.0202. The minimum atomic E-state index is -1.90. The Balaban J connectivity index is 1.41. The first kappa shape index (κ1) is 34.0. The van der Waals surface area contributed by atoms with Crippen LogP contribution in [0, 0.1) is 20.8 Å². The second kappa shape index (κ2) is 13.9. The summed E-state index contributed by atoms with van der Waals surface area (Å²) in [5, 5.41) is 8.66. The second-order valence-corrected chi connectivity index (χ2v) is 13.5. The summed E-state index contributed by atoms with van der Waals surface area (Å²) >= 11 is 0. The molecule has 2 bridgehead atoms. The number of rotatable bonds is 5. The average Bonchev–Trinajstić information content (AvgIpc) is 3.62. The van der Waals surface area contributed by atoms with Gasteiger partial charge < -0.3 is 10.2 Å². The fourth-order valence-corrected chi connectivity index (χ4v) is 6.90. The summed E-state index contributed by atoms with van der Waals surface area (Å²) in [5.74, 6) is -0.471. The van der Waals surface area contributed by atoms with Crippen LogP contribution in [0.3, 0.4) is 0 Å². The summed E-state index contributed by atoms with van der Waals surface area (Å²) in [6.45, 7) is 6.89. The first-order valence-corrected chi connectivity index (χ1v) is 16.9. The van der Waals surface area contributed by atoms with E-state index in [-0.39, 0.29) is 61.8 Å². The summed E-state index contributed by atoms with van der Waals surface area (Å²) in [6.07, 6.45) is 5.78. The van der Waals surface area contributed by atoms with Gasteiger partial charge in [-0.3, -0.25) is 28.8 Å². The Morgan fingerprint density at radius 2 is 1.80 bits per heavy atom. The smallest absolute Gasteiger partial charge is 0.245 e. The number of hydrogen-bond acceptors (Lipinski definition) is 9. The largest absolute Gasteiger partial charge is 0.383 e. The zero-order chi connectivity index (χ0) is 34.9. The number of carbonyl (C=O) groups excluding carboxylic acids is 4. The van der Waals surface area contributed by atoms with E-state index in [2.05, 4.69) is 25.4 Å². The maximum atomic E-state index is 16.6. The number of halogens is 1.